The molecule has 0 radical (unpaired) electrons. The molecule has 1 heteroatoms. The molecular formula is C15H21N. The molecule has 0 heterocycles. The van der Waals surface area contributed by atoms with Gasteiger partial charge in [-0.25, -0.2) is 0 Å². The maximum Gasteiger partial charge on any atom is 0.0352 e. The van der Waals surface area contributed by atoms with E-state index in [4.69, 9.17) is 0 Å². The molecule has 1 N–H and O–H groups in total. The summed E-state index contributed by atoms with van der Waals surface area (Å²) in [5, 5.41) is 3.79. The molecule has 86 valence electrons. The van der Waals surface area contributed by atoms with Gasteiger partial charge in [0, 0.05) is 6.04 Å². The Morgan fingerprint density at radius 3 is 2.81 bits per heavy atom. The summed E-state index contributed by atoms with van der Waals surface area (Å²) in [5.41, 5.74) is 3.11. The summed E-state index contributed by atoms with van der Waals surface area (Å²) in [6.45, 7) is 3.60. The highest BCUT2D eigenvalue weighted by atomic mass is 14.9. The molecule has 2 atom stereocenters. The van der Waals surface area contributed by atoms with Crippen LogP contribution in [0.1, 0.15) is 43.4 Å². The molecule has 0 spiro atoms. The predicted molar refractivity (Wildman–Crippen MR) is 67.4 cm³/mol. The summed E-state index contributed by atoms with van der Waals surface area (Å²) in [4.78, 5) is 0. The van der Waals surface area contributed by atoms with E-state index in [-0.39, 0.29) is 0 Å². The van der Waals surface area contributed by atoms with Crippen LogP contribution in [0.15, 0.2) is 24.3 Å². The van der Waals surface area contributed by atoms with Crippen LogP contribution in [0.25, 0.3) is 0 Å². The van der Waals surface area contributed by atoms with Crippen LogP contribution >= 0.6 is 0 Å². The van der Waals surface area contributed by atoms with Crippen LogP contribution in [0.4, 0.5) is 0 Å². The first kappa shape index (κ1) is 10.3. The van der Waals surface area contributed by atoms with Crippen molar-refractivity contribution in [3.63, 3.8) is 0 Å². The molecule has 2 unspecified atom stereocenters. The third-order valence-electron chi connectivity index (χ3n) is 4.35. The number of fused-ring (bicyclic) bond motifs is 1. The smallest absolute Gasteiger partial charge is 0.0352 e. The fourth-order valence-corrected chi connectivity index (χ4v) is 3.10. The van der Waals surface area contributed by atoms with Crippen molar-refractivity contribution in [3.8, 4) is 0 Å². The van der Waals surface area contributed by atoms with Crippen molar-refractivity contribution in [2.24, 2.45) is 11.8 Å². The number of hydrogen-bond donors (Lipinski definition) is 1. The summed E-state index contributed by atoms with van der Waals surface area (Å²) in [6, 6.07) is 9.54. The highest BCUT2D eigenvalue weighted by Gasteiger charge is 2.29. The minimum atomic E-state index is 0.608. The molecule has 0 saturated heterocycles. The van der Waals surface area contributed by atoms with Gasteiger partial charge in [0.15, 0.2) is 0 Å². The molecule has 16 heavy (non-hydrogen) atoms. The Labute approximate surface area is 98.3 Å². The van der Waals surface area contributed by atoms with Crippen molar-refractivity contribution in [1.82, 2.24) is 5.32 Å². The molecule has 1 fully saturated rings. The van der Waals surface area contributed by atoms with Crippen molar-refractivity contribution in [1.29, 1.82) is 0 Å². The Kier molecular flexibility index (Phi) is 2.72. The Morgan fingerprint density at radius 1 is 1.25 bits per heavy atom. The topological polar surface area (TPSA) is 12.0 Å². The van der Waals surface area contributed by atoms with Crippen molar-refractivity contribution < 1.29 is 0 Å². The lowest BCUT2D eigenvalue weighted by Gasteiger charge is -2.28. The monoisotopic (exact) mass is 215 g/mol. The van der Waals surface area contributed by atoms with Gasteiger partial charge in [-0.2, -0.15) is 0 Å². The normalized spacial score (nSPS) is 28.8. The van der Waals surface area contributed by atoms with E-state index in [1.54, 1.807) is 11.1 Å². The van der Waals surface area contributed by atoms with Gasteiger partial charge in [0.25, 0.3) is 0 Å². The maximum absolute atomic E-state index is 3.79. The molecule has 1 aromatic carbocycles. The molecule has 2 aliphatic rings. The fraction of sp³-hybridized carbons (Fsp3) is 0.600. The second-order valence-electron chi connectivity index (χ2n) is 5.56. The van der Waals surface area contributed by atoms with Crippen LogP contribution in [0.3, 0.4) is 0 Å². The number of benzene rings is 1. The highest BCUT2D eigenvalue weighted by Crippen LogP contribution is 2.36. The van der Waals surface area contributed by atoms with Gasteiger partial charge in [-0.1, -0.05) is 37.6 Å². The first-order valence-corrected chi connectivity index (χ1v) is 6.66. The van der Waals surface area contributed by atoms with Crippen LogP contribution in [-0.2, 0) is 6.42 Å². The van der Waals surface area contributed by atoms with Gasteiger partial charge in [0.1, 0.15) is 0 Å². The summed E-state index contributed by atoms with van der Waals surface area (Å²) in [5.74, 6) is 1.72. The molecule has 0 aliphatic heterocycles. The lowest BCUT2D eigenvalue weighted by atomic mass is 9.85. The summed E-state index contributed by atoms with van der Waals surface area (Å²) in [7, 11) is 0. The number of rotatable bonds is 3. The summed E-state index contributed by atoms with van der Waals surface area (Å²) < 4.78 is 0. The third kappa shape index (κ3) is 1.78. The van der Waals surface area contributed by atoms with Gasteiger partial charge >= 0.3 is 0 Å². The van der Waals surface area contributed by atoms with Crippen LogP contribution < -0.4 is 5.32 Å². The van der Waals surface area contributed by atoms with Gasteiger partial charge in [0.05, 0.1) is 0 Å². The average Bonchev–Trinajstić information content (AvgIpc) is 2.53. The van der Waals surface area contributed by atoms with E-state index in [0.717, 1.165) is 11.8 Å². The SMILES string of the molecule is CC1Cc2ccccc2C1NCC1CCC1. The summed E-state index contributed by atoms with van der Waals surface area (Å²) >= 11 is 0. The standard InChI is InChI=1S/C15H21N/c1-11-9-13-7-2-3-8-14(13)15(11)16-10-12-5-4-6-12/h2-3,7-8,11-12,15-16H,4-6,9-10H2,1H3. The average molecular weight is 215 g/mol. The van der Waals surface area contributed by atoms with Crippen LogP contribution in [0.2, 0.25) is 0 Å². The van der Waals surface area contributed by atoms with E-state index < -0.39 is 0 Å². The van der Waals surface area contributed by atoms with Gasteiger partial charge in [-0.05, 0) is 48.8 Å². The zero-order valence-corrected chi connectivity index (χ0v) is 10.1. The van der Waals surface area contributed by atoms with Crippen LogP contribution in [0.5, 0.6) is 0 Å². The molecule has 0 amide bonds. The first-order chi connectivity index (χ1) is 7.84. The zero-order valence-electron chi connectivity index (χ0n) is 10.1. The van der Waals surface area contributed by atoms with E-state index >= 15 is 0 Å². The first-order valence-electron chi connectivity index (χ1n) is 6.66. The van der Waals surface area contributed by atoms with Gasteiger partial charge in [-0.3, -0.25) is 0 Å². The fourth-order valence-electron chi connectivity index (χ4n) is 3.10. The number of nitrogens with one attached hydrogen (secondary N) is 1. The Balaban J connectivity index is 1.69. The third-order valence-corrected chi connectivity index (χ3v) is 4.35. The largest absolute Gasteiger partial charge is 0.309 e. The highest BCUT2D eigenvalue weighted by molar-refractivity contribution is 5.35. The minimum absolute atomic E-state index is 0.608. The molecule has 0 aromatic heterocycles. The number of hydrogen-bond acceptors (Lipinski definition) is 1. The van der Waals surface area contributed by atoms with Gasteiger partial charge < -0.3 is 5.32 Å². The second-order valence-corrected chi connectivity index (χ2v) is 5.56. The van der Waals surface area contributed by atoms with E-state index in [2.05, 4.69) is 36.5 Å². The molecular weight excluding hydrogens is 194 g/mol. The van der Waals surface area contributed by atoms with Crippen LogP contribution in [-0.4, -0.2) is 6.54 Å². The zero-order chi connectivity index (χ0) is 11.0. The quantitative estimate of drug-likeness (QED) is 0.815. The van der Waals surface area contributed by atoms with Crippen molar-refractivity contribution >= 4 is 0 Å². The molecule has 3 rings (SSSR count). The van der Waals surface area contributed by atoms with E-state index in [9.17, 15) is 0 Å². The van der Waals surface area contributed by atoms with E-state index in [1.807, 2.05) is 0 Å². The molecule has 1 nitrogen and oxygen atoms in total. The Morgan fingerprint density at radius 2 is 2.06 bits per heavy atom. The Hall–Kier alpha value is -0.820. The summed E-state index contributed by atoms with van der Waals surface area (Å²) in [6.07, 6.45) is 5.58. The Bertz CT molecular complexity index is 367. The van der Waals surface area contributed by atoms with Gasteiger partial charge in [0.2, 0.25) is 0 Å². The lowest BCUT2D eigenvalue weighted by Crippen LogP contribution is -2.32. The van der Waals surface area contributed by atoms with E-state index in [1.165, 1.54) is 32.2 Å². The second kappa shape index (κ2) is 4.21. The molecule has 1 saturated carbocycles. The predicted octanol–water partition coefficient (Wildman–Crippen LogP) is 3.31. The van der Waals surface area contributed by atoms with Crippen molar-refractivity contribution in [3.05, 3.63) is 35.4 Å². The van der Waals surface area contributed by atoms with E-state index in [0.29, 0.717) is 6.04 Å². The minimum Gasteiger partial charge on any atom is -0.309 e. The lowest BCUT2D eigenvalue weighted by molar-refractivity contribution is 0.276. The maximum atomic E-state index is 3.79. The van der Waals surface area contributed by atoms with Crippen LogP contribution in [0, 0.1) is 11.8 Å². The molecule has 2 aliphatic carbocycles. The molecule has 1 aromatic rings. The van der Waals surface area contributed by atoms with Gasteiger partial charge in [-0.15, -0.1) is 0 Å². The van der Waals surface area contributed by atoms with Crippen molar-refractivity contribution in [2.75, 3.05) is 6.54 Å². The van der Waals surface area contributed by atoms with Crippen molar-refractivity contribution in [2.45, 2.75) is 38.6 Å². The molecule has 0 bridgehead atoms.